The van der Waals surface area contributed by atoms with E-state index in [2.05, 4.69) is 69.5 Å². The van der Waals surface area contributed by atoms with Gasteiger partial charge in [0.2, 0.25) is 5.91 Å². The van der Waals surface area contributed by atoms with Crippen LogP contribution in [0.3, 0.4) is 0 Å². The molecule has 2 amide bonds. The first-order valence-corrected chi connectivity index (χ1v) is 21.1. The first kappa shape index (κ1) is 42.0. The molecule has 1 atom stereocenters. The van der Waals surface area contributed by atoms with E-state index in [-0.39, 0.29) is 17.7 Å². The number of hydrogen-bond acceptors (Lipinski definition) is 10. The Hall–Kier alpha value is -6.17. The second-order valence-electron chi connectivity index (χ2n) is 17.5. The average Bonchev–Trinajstić information content (AvgIpc) is 3.97. The number of aryl methyl sites for hydroxylation is 3. The Morgan fingerprint density at radius 2 is 1.85 bits per heavy atom. The van der Waals surface area contributed by atoms with Crippen molar-refractivity contribution in [1.29, 1.82) is 5.26 Å². The predicted molar refractivity (Wildman–Crippen MR) is 230 cm³/mol. The van der Waals surface area contributed by atoms with E-state index in [4.69, 9.17) is 10.5 Å². The topological polar surface area (TPSA) is 193 Å². The summed E-state index contributed by atoms with van der Waals surface area (Å²) in [7, 11) is 0. The number of benzene rings is 2. The number of anilines is 2. The van der Waals surface area contributed by atoms with Crippen molar-refractivity contribution in [3.8, 4) is 6.07 Å². The summed E-state index contributed by atoms with van der Waals surface area (Å²) in [6, 6.07) is 11.6. The highest BCUT2D eigenvalue weighted by Gasteiger charge is 2.41. The number of imidazole rings is 1. The van der Waals surface area contributed by atoms with Crippen LogP contribution in [0.2, 0.25) is 0 Å². The number of aromatic amines is 1. The third-order valence-electron chi connectivity index (χ3n) is 11.8. The summed E-state index contributed by atoms with van der Waals surface area (Å²) in [5.41, 5.74) is 12.4. The van der Waals surface area contributed by atoms with Crippen LogP contribution in [0.4, 0.5) is 16.4 Å². The normalized spacial score (nSPS) is 15.4. The van der Waals surface area contributed by atoms with Crippen molar-refractivity contribution in [3.63, 3.8) is 0 Å². The molecule has 15 heteroatoms. The number of alkyl carbamates (subject to hydrolysis) is 1. The molecule has 5 aromatic rings. The van der Waals surface area contributed by atoms with E-state index in [0.29, 0.717) is 61.8 Å². The second-order valence-corrected chi connectivity index (χ2v) is 17.5. The van der Waals surface area contributed by atoms with E-state index >= 15 is 0 Å². The number of ketones is 1. The molecule has 15 nitrogen and oxygen atoms in total. The lowest BCUT2D eigenvalue weighted by molar-refractivity contribution is -0.131. The zero-order valence-electron chi connectivity index (χ0n) is 35.7. The maximum absolute atomic E-state index is 14.1. The van der Waals surface area contributed by atoms with Crippen LogP contribution in [-0.4, -0.2) is 84.0 Å². The van der Waals surface area contributed by atoms with Crippen LogP contribution in [-0.2, 0) is 34.5 Å². The number of piperazine rings is 1. The number of hydrogen-bond donors (Lipinski definition) is 3. The molecule has 0 radical (unpaired) electrons. The van der Waals surface area contributed by atoms with Crippen molar-refractivity contribution >= 4 is 40.3 Å². The highest BCUT2D eigenvalue weighted by molar-refractivity contribution is 6.20. The van der Waals surface area contributed by atoms with Crippen LogP contribution in [0.25, 0.3) is 10.9 Å². The van der Waals surface area contributed by atoms with Crippen LogP contribution in [0.15, 0.2) is 48.9 Å². The maximum atomic E-state index is 14.1. The van der Waals surface area contributed by atoms with Gasteiger partial charge in [0.25, 0.3) is 0 Å². The summed E-state index contributed by atoms with van der Waals surface area (Å²) in [6.07, 6.45) is 9.95. The van der Waals surface area contributed by atoms with Gasteiger partial charge in [0.15, 0.2) is 11.7 Å². The molecule has 0 bridgehead atoms. The number of carbonyl (C=O) groups excluding carboxylic acids is 3. The van der Waals surface area contributed by atoms with Crippen molar-refractivity contribution in [1.82, 2.24) is 39.7 Å². The second kappa shape index (κ2) is 17.2. The third-order valence-corrected chi connectivity index (χ3v) is 11.8. The van der Waals surface area contributed by atoms with Gasteiger partial charge in [-0.15, -0.1) is 5.10 Å². The molecule has 60 heavy (non-hydrogen) atoms. The summed E-state index contributed by atoms with van der Waals surface area (Å²) >= 11 is 0. The number of amides is 2. The Bertz CT molecular complexity index is 2420. The minimum Gasteiger partial charge on any atom is -0.444 e. The van der Waals surface area contributed by atoms with Gasteiger partial charge in [0.1, 0.15) is 11.3 Å². The lowest BCUT2D eigenvalue weighted by Crippen LogP contribution is -2.49. The number of ether oxygens (including phenoxy) is 1. The van der Waals surface area contributed by atoms with Gasteiger partial charge < -0.3 is 35.1 Å². The average molecular weight is 816 g/mol. The molecule has 2 aromatic carbocycles. The van der Waals surface area contributed by atoms with Gasteiger partial charge in [-0.05, 0) is 88.3 Å². The van der Waals surface area contributed by atoms with Crippen LogP contribution in [0.1, 0.15) is 130 Å². The van der Waals surface area contributed by atoms with E-state index in [9.17, 15) is 19.6 Å². The number of nitriles is 1. The molecule has 3 aromatic heterocycles. The SMILES string of the molecule is CCc1cc2c(cc1N1CCN(C(=O)CCCCCn3cc([C@H](CCCn4ccnc4N)NC(=O)OC(C)(C)C)nn3)CC1)C(C)(C)c1[nH]c3cc(C#N)ccc3c1C2=O. The minimum atomic E-state index is -0.631. The molecule has 1 aliphatic heterocycles. The Labute approximate surface area is 351 Å². The van der Waals surface area contributed by atoms with E-state index < -0.39 is 17.1 Å². The number of aromatic nitrogens is 6. The largest absolute Gasteiger partial charge is 0.444 e. The fraction of sp³-hybridized carbons (Fsp3) is 0.489. The molecular formula is C45H57N11O4. The number of nitrogens with two attached hydrogens (primary N) is 1. The first-order chi connectivity index (χ1) is 28.7. The lowest BCUT2D eigenvalue weighted by atomic mass is 9.70. The van der Waals surface area contributed by atoms with Gasteiger partial charge in [0, 0.05) is 91.3 Å². The van der Waals surface area contributed by atoms with E-state index in [1.54, 1.807) is 16.9 Å². The number of nitrogen functional groups attached to an aromatic ring is 1. The lowest BCUT2D eigenvalue weighted by Gasteiger charge is -2.39. The summed E-state index contributed by atoms with van der Waals surface area (Å²) in [5.74, 6) is 0.632. The molecular weight excluding hydrogens is 759 g/mol. The summed E-state index contributed by atoms with van der Waals surface area (Å²) in [4.78, 5) is 52.0. The number of nitrogens with zero attached hydrogens (tertiary/aromatic N) is 8. The molecule has 7 rings (SSSR count). The number of unbranched alkanes of at least 4 members (excludes halogenated alkanes) is 2. The van der Waals surface area contributed by atoms with E-state index in [0.717, 1.165) is 84.2 Å². The molecule has 4 N–H and O–H groups in total. The molecule has 1 fully saturated rings. The third kappa shape index (κ3) is 8.88. The standard InChI is InChI=1S/C45H57N11O4/c1-7-30-25-32-33(45(5,6)41-39(40(32)58)31-15-14-29(27-46)24-35(31)49-41)26-37(30)53-20-22-54(23-21-53)38(57)13-9-8-10-18-56-28-36(51-52-56)34(50-43(59)60-44(2,3)4)12-11-17-55-19-16-48-42(55)47/h14-16,19,24-26,28,34,49H,7-13,17-18,20-23H2,1-6H3,(H2,47,48)(H,50,59)/t34-/m0/s1. The van der Waals surface area contributed by atoms with Crippen molar-refractivity contribution in [3.05, 3.63) is 88.1 Å². The predicted octanol–water partition coefficient (Wildman–Crippen LogP) is 6.80. The van der Waals surface area contributed by atoms with Gasteiger partial charge in [0.05, 0.1) is 29.4 Å². The fourth-order valence-corrected chi connectivity index (χ4v) is 8.56. The van der Waals surface area contributed by atoms with Gasteiger partial charge in [-0.1, -0.05) is 38.5 Å². The Kier molecular flexibility index (Phi) is 12.0. The zero-order valence-corrected chi connectivity index (χ0v) is 35.7. The Balaban J connectivity index is 0.904. The summed E-state index contributed by atoms with van der Waals surface area (Å²) in [6.45, 7) is 15.9. The van der Waals surface area contributed by atoms with Gasteiger partial charge in [-0.25, -0.2) is 9.78 Å². The Morgan fingerprint density at radius 1 is 1.07 bits per heavy atom. The van der Waals surface area contributed by atoms with Gasteiger partial charge in [-0.2, -0.15) is 5.26 Å². The van der Waals surface area contributed by atoms with Crippen LogP contribution in [0, 0.1) is 11.3 Å². The fourth-order valence-electron chi connectivity index (χ4n) is 8.56. The van der Waals surface area contributed by atoms with Crippen LogP contribution >= 0.6 is 0 Å². The van der Waals surface area contributed by atoms with Crippen molar-refractivity contribution in [2.45, 2.75) is 117 Å². The molecule has 0 saturated carbocycles. The maximum Gasteiger partial charge on any atom is 0.408 e. The quantitative estimate of drug-likeness (QED) is 0.100. The molecule has 1 saturated heterocycles. The monoisotopic (exact) mass is 815 g/mol. The first-order valence-electron chi connectivity index (χ1n) is 21.1. The number of fused-ring (bicyclic) bond motifs is 4. The highest BCUT2D eigenvalue weighted by Crippen LogP contribution is 2.46. The van der Waals surface area contributed by atoms with Gasteiger partial charge >= 0.3 is 6.09 Å². The minimum absolute atomic E-state index is 0.0130. The zero-order chi connectivity index (χ0) is 42.8. The number of H-pyrrole nitrogens is 1. The van der Waals surface area contributed by atoms with Crippen LogP contribution < -0.4 is 16.0 Å². The Morgan fingerprint density at radius 3 is 2.55 bits per heavy atom. The summed E-state index contributed by atoms with van der Waals surface area (Å²) < 4.78 is 9.18. The molecule has 1 aliphatic carbocycles. The van der Waals surface area contributed by atoms with E-state index in [1.165, 1.54) is 0 Å². The van der Waals surface area contributed by atoms with Crippen molar-refractivity contribution in [2.75, 3.05) is 36.8 Å². The molecule has 0 unspecified atom stereocenters. The molecule has 2 aliphatic rings. The smallest absolute Gasteiger partial charge is 0.408 e. The van der Waals surface area contributed by atoms with Crippen molar-refractivity contribution < 1.29 is 19.1 Å². The molecule has 4 heterocycles. The van der Waals surface area contributed by atoms with Gasteiger partial charge in [-0.3, -0.25) is 14.3 Å². The number of carbonyl (C=O) groups is 3. The van der Waals surface area contributed by atoms with Crippen LogP contribution in [0.5, 0.6) is 0 Å². The summed E-state index contributed by atoms with van der Waals surface area (Å²) in [5, 5.41) is 22.0. The highest BCUT2D eigenvalue weighted by atomic mass is 16.6. The van der Waals surface area contributed by atoms with Crippen molar-refractivity contribution in [2.24, 2.45) is 0 Å². The molecule has 0 spiro atoms. The molecule has 316 valence electrons. The number of rotatable bonds is 14. The number of nitrogens with one attached hydrogen (secondary N) is 2. The van der Waals surface area contributed by atoms with E-state index in [1.807, 2.05) is 54.8 Å².